The fourth-order valence-electron chi connectivity index (χ4n) is 3.95. The van der Waals surface area contributed by atoms with Gasteiger partial charge in [0.2, 0.25) is 0 Å². The lowest BCUT2D eigenvalue weighted by Crippen LogP contribution is -2.52. The molecule has 1 amide bonds. The SMILES string of the molecule is CCOC(=O)N1CC=C2C(C#N)=C(N)C(C#N)(C#N)C(C(C)C)C2C1. The van der Waals surface area contributed by atoms with Gasteiger partial charge in [-0.3, -0.25) is 0 Å². The van der Waals surface area contributed by atoms with E-state index in [9.17, 15) is 20.6 Å². The van der Waals surface area contributed by atoms with Crippen LogP contribution >= 0.6 is 0 Å². The zero-order valence-electron chi connectivity index (χ0n) is 14.6. The first-order valence-electron chi connectivity index (χ1n) is 8.22. The largest absolute Gasteiger partial charge is 0.450 e. The minimum absolute atomic E-state index is 0.0192. The van der Waals surface area contributed by atoms with Crippen LogP contribution in [0.2, 0.25) is 0 Å². The molecule has 0 radical (unpaired) electrons. The Morgan fingerprint density at radius 2 is 2.08 bits per heavy atom. The number of ether oxygens (including phenoxy) is 1. The summed E-state index contributed by atoms with van der Waals surface area (Å²) < 4.78 is 5.06. The molecule has 2 N–H and O–H groups in total. The van der Waals surface area contributed by atoms with Gasteiger partial charge in [0, 0.05) is 24.9 Å². The van der Waals surface area contributed by atoms with Gasteiger partial charge in [-0.25, -0.2) is 4.79 Å². The number of hydrogen-bond acceptors (Lipinski definition) is 6. The third kappa shape index (κ3) is 2.71. The predicted molar refractivity (Wildman–Crippen MR) is 89.0 cm³/mol. The van der Waals surface area contributed by atoms with E-state index in [0.717, 1.165) is 5.57 Å². The van der Waals surface area contributed by atoms with Gasteiger partial charge >= 0.3 is 6.09 Å². The van der Waals surface area contributed by atoms with Gasteiger partial charge in [0.05, 0.1) is 30.0 Å². The summed E-state index contributed by atoms with van der Waals surface area (Å²) in [5.74, 6) is -0.795. The van der Waals surface area contributed by atoms with E-state index in [1.807, 2.05) is 13.8 Å². The highest BCUT2D eigenvalue weighted by Crippen LogP contribution is 2.52. The van der Waals surface area contributed by atoms with Gasteiger partial charge in [0.1, 0.15) is 6.07 Å². The van der Waals surface area contributed by atoms with Crippen LogP contribution in [0, 0.1) is 57.2 Å². The van der Waals surface area contributed by atoms with E-state index in [1.54, 1.807) is 13.0 Å². The van der Waals surface area contributed by atoms with Crippen molar-refractivity contribution in [2.24, 2.45) is 28.9 Å². The summed E-state index contributed by atoms with van der Waals surface area (Å²) in [5, 5.41) is 29.1. The fourth-order valence-corrected chi connectivity index (χ4v) is 3.95. The van der Waals surface area contributed by atoms with Gasteiger partial charge in [0.15, 0.2) is 5.41 Å². The topological polar surface area (TPSA) is 127 Å². The Labute approximate surface area is 147 Å². The summed E-state index contributed by atoms with van der Waals surface area (Å²) in [7, 11) is 0. The maximum Gasteiger partial charge on any atom is 0.410 e. The van der Waals surface area contributed by atoms with Gasteiger partial charge in [-0.15, -0.1) is 0 Å². The maximum absolute atomic E-state index is 12.1. The van der Waals surface area contributed by atoms with Crippen molar-refractivity contribution in [3.63, 3.8) is 0 Å². The Kier molecular flexibility index (Phi) is 5.04. The molecule has 0 aromatic carbocycles. The number of fused-ring (bicyclic) bond motifs is 1. The van der Waals surface area contributed by atoms with Crippen LogP contribution in [0.25, 0.3) is 0 Å². The molecule has 2 rings (SSSR count). The number of amides is 1. The van der Waals surface area contributed by atoms with Gasteiger partial charge in [0.25, 0.3) is 0 Å². The fraction of sp³-hybridized carbons (Fsp3) is 0.556. The van der Waals surface area contributed by atoms with Crippen molar-refractivity contribution < 1.29 is 9.53 Å². The zero-order chi connectivity index (χ0) is 18.8. The van der Waals surface area contributed by atoms with E-state index in [-0.39, 0.29) is 36.3 Å². The van der Waals surface area contributed by atoms with Crippen LogP contribution in [0.15, 0.2) is 22.9 Å². The molecule has 25 heavy (non-hydrogen) atoms. The first-order chi connectivity index (χ1) is 11.9. The molecule has 1 aliphatic carbocycles. The van der Waals surface area contributed by atoms with Crippen molar-refractivity contribution in [1.29, 1.82) is 15.8 Å². The van der Waals surface area contributed by atoms with Gasteiger partial charge in [-0.05, 0) is 18.4 Å². The standard InChI is InChI=1S/C18H21N5O2/c1-4-25-17(24)23-6-5-12-13(7-19)16(22)18(9-20,10-21)15(11(2)3)14(12)8-23/h5,11,14-15H,4,6,8,22H2,1-3H3. The average Bonchev–Trinajstić information content (AvgIpc) is 2.60. The lowest BCUT2D eigenvalue weighted by atomic mass is 9.57. The Hall–Kier alpha value is -2.98. The molecule has 2 unspecified atom stereocenters. The van der Waals surface area contributed by atoms with Crippen LogP contribution in [0.1, 0.15) is 20.8 Å². The smallest absolute Gasteiger partial charge is 0.410 e. The lowest BCUT2D eigenvalue weighted by Gasteiger charge is -2.46. The first kappa shape index (κ1) is 18.4. The minimum atomic E-state index is -1.58. The Morgan fingerprint density at radius 3 is 2.56 bits per heavy atom. The molecule has 0 aromatic rings. The van der Waals surface area contributed by atoms with Crippen molar-refractivity contribution in [3.05, 3.63) is 22.9 Å². The van der Waals surface area contributed by atoms with E-state index in [4.69, 9.17) is 10.5 Å². The molecule has 2 aliphatic rings. The monoisotopic (exact) mass is 339 g/mol. The van der Waals surface area contributed by atoms with Crippen LogP contribution < -0.4 is 5.73 Å². The van der Waals surface area contributed by atoms with E-state index in [0.29, 0.717) is 6.54 Å². The quantitative estimate of drug-likeness (QED) is 0.820. The molecule has 130 valence electrons. The van der Waals surface area contributed by atoms with Crippen LogP contribution in [0.5, 0.6) is 0 Å². The molecule has 7 heteroatoms. The second-order valence-electron chi connectivity index (χ2n) is 6.57. The summed E-state index contributed by atoms with van der Waals surface area (Å²) in [5.41, 5.74) is 5.48. The second-order valence-corrected chi connectivity index (χ2v) is 6.57. The number of carbonyl (C=O) groups excluding carboxylic acids is 1. The minimum Gasteiger partial charge on any atom is -0.450 e. The van der Waals surface area contributed by atoms with Crippen LogP contribution in [-0.4, -0.2) is 30.7 Å². The van der Waals surface area contributed by atoms with Gasteiger partial charge in [-0.1, -0.05) is 19.9 Å². The highest BCUT2D eigenvalue weighted by molar-refractivity contribution is 5.69. The van der Waals surface area contributed by atoms with Crippen LogP contribution in [-0.2, 0) is 4.74 Å². The van der Waals surface area contributed by atoms with E-state index >= 15 is 0 Å². The van der Waals surface area contributed by atoms with Crippen molar-refractivity contribution in [1.82, 2.24) is 4.90 Å². The molecule has 7 nitrogen and oxygen atoms in total. The summed E-state index contributed by atoms with van der Waals surface area (Å²) in [4.78, 5) is 13.6. The van der Waals surface area contributed by atoms with E-state index in [1.165, 1.54) is 4.90 Å². The molecule has 1 aliphatic heterocycles. The van der Waals surface area contributed by atoms with Crippen LogP contribution in [0.3, 0.4) is 0 Å². The normalized spacial score (nSPS) is 24.5. The summed E-state index contributed by atoms with van der Waals surface area (Å²) in [6.45, 7) is 6.42. The predicted octanol–water partition coefficient (Wildman–Crippen LogP) is 2.06. The third-order valence-corrected chi connectivity index (χ3v) is 4.97. The Morgan fingerprint density at radius 1 is 1.44 bits per heavy atom. The Balaban J connectivity index is 2.63. The van der Waals surface area contributed by atoms with Crippen molar-refractivity contribution >= 4 is 6.09 Å². The first-order valence-corrected chi connectivity index (χ1v) is 8.22. The molecule has 0 saturated heterocycles. The van der Waals surface area contributed by atoms with Gasteiger partial charge < -0.3 is 15.4 Å². The highest BCUT2D eigenvalue weighted by Gasteiger charge is 2.55. The van der Waals surface area contributed by atoms with E-state index in [2.05, 4.69) is 18.2 Å². The van der Waals surface area contributed by atoms with Crippen molar-refractivity contribution in [2.75, 3.05) is 19.7 Å². The van der Waals surface area contributed by atoms with Crippen LogP contribution in [0.4, 0.5) is 4.79 Å². The summed E-state index contributed by atoms with van der Waals surface area (Å²) in [6, 6.07) is 6.17. The number of rotatable bonds is 2. The summed E-state index contributed by atoms with van der Waals surface area (Å²) >= 11 is 0. The number of allylic oxidation sites excluding steroid dienone is 2. The number of nitriles is 3. The molecule has 0 bridgehead atoms. The molecule has 2 atom stereocenters. The van der Waals surface area contributed by atoms with Gasteiger partial charge in [-0.2, -0.15) is 15.8 Å². The summed E-state index contributed by atoms with van der Waals surface area (Å²) in [6.07, 6.45) is 1.34. The second kappa shape index (κ2) is 6.87. The molecule has 0 spiro atoms. The number of hydrogen-bond donors (Lipinski definition) is 1. The van der Waals surface area contributed by atoms with Crippen molar-refractivity contribution in [2.45, 2.75) is 20.8 Å². The highest BCUT2D eigenvalue weighted by atomic mass is 16.6. The molecule has 1 heterocycles. The number of nitrogens with zero attached hydrogens (tertiary/aromatic N) is 4. The average molecular weight is 339 g/mol. The van der Waals surface area contributed by atoms with E-state index < -0.39 is 17.4 Å². The number of nitrogens with two attached hydrogens (primary N) is 1. The third-order valence-electron chi connectivity index (χ3n) is 4.97. The molecular weight excluding hydrogens is 318 g/mol. The lowest BCUT2D eigenvalue weighted by molar-refractivity contribution is 0.0860. The van der Waals surface area contributed by atoms with Crippen molar-refractivity contribution in [3.8, 4) is 18.2 Å². The molecule has 0 saturated carbocycles. The maximum atomic E-state index is 12.1. The molecule has 0 aromatic heterocycles. The zero-order valence-corrected chi connectivity index (χ0v) is 14.6. The molecule has 0 fully saturated rings. The Bertz CT molecular complexity index is 746. The number of carbonyl (C=O) groups is 1. The molecular formula is C18H21N5O2.